The summed E-state index contributed by atoms with van der Waals surface area (Å²) in [5.41, 5.74) is 2.56. The average Bonchev–Trinajstić information content (AvgIpc) is 2.70. The molecule has 0 radical (unpaired) electrons. The van der Waals surface area contributed by atoms with E-state index in [9.17, 15) is 4.79 Å². The maximum absolute atomic E-state index is 10.8. The number of halogens is 1. The molecule has 2 rings (SSSR count). The zero-order valence-electron chi connectivity index (χ0n) is 9.85. The minimum atomic E-state index is -0.730. The van der Waals surface area contributed by atoms with Gasteiger partial charge in [0.25, 0.3) is 0 Å². The van der Waals surface area contributed by atoms with E-state index in [0.717, 1.165) is 19.4 Å². The molecule has 1 heterocycles. The van der Waals surface area contributed by atoms with E-state index < -0.39 is 5.97 Å². The van der Waals surface area contributed by atoms with Crippen LogP contribution in [-0.4, -0.2) is 23.7 Å². The first-order valence-electron chi connectivity index (χ1n) is 5.67. The van der Waals surface area contributed by atoms with Gasteiger partial charge in [-0.3, -0.25) is 4.79 Å². The Morgan fingerprint density at radius 1 is 1.41 bits per heavy atom. The van der Waals surface area contributed by atoms with Crippen LogP contribution in [0.2, 0.25) is 0 Å². The topological polar surface area (TPSA) is 49.3 Å². The predicted molar refractivity (Wildman–Crippen MR) is 69.7 cm³/mol. The number of nitrogens with one attached hydrogen (secondary N) is 1. The summed E-state index contributed by atoms with van der Waals surface area (Å²) >= 11 is 0. The van der Waals surface area contributed by atoms with Crippen molar-refractivity contribution in [2.24, 2.45) is 5.92 Å². The Bertz CT molecular complexity index is 378. The number of aliphatic carboxylic acids is 1. The van der Waals surface area contributed by atoms with Crippen molar-refractivity contribution in [2.75, 3.05) is 6.54 Å². The maximum atomic E-state index is 10.8. The van der Waals surface area contributed by atoms with Crippen molar-refractivity contribution in [3.05, 3.63) is 35.4 Å². The molecule has 1 saturated heterocycles. The van der Waals surface area contributed by atoms with E-state index in [1.165, 1.54) is 11.1 Å². The lowest BCUT2D eigenvalue weighted by molar-refractivity contribution is -0.139. The molecule has 3 nitrogen and oxygen atoms in total. The quantitative estimate of drug-likeness (QED) is 0.869. The number of carboxylic acids is 1. The number of carboxylic acid groups (broad SMARTS) is 1. The van der Waals surface area contributed by atoms with Gasteiger partial charge in [0, 0.05) is 0 Å². The van der Waals surface area contributed by atoms with Crippen molar-refractivity contribution >= 4 is 18.4 Å². The average molecular weight is 256 g/mol. The first-order valence-corrected chi connectivity index (χ1v) is 5.67. The van der Waals surface area contributed by atoms with Gasteiger partial charge in [-0.15, -0.1) is 12.4 Å². The SMILES string of the molecule is Cc1ccc(CC2CNC(C(=O)O)C2)cc1.Cl. The van der Waals surface area contributed by atoms with Crippen molar-refractivity contribution in [1.82, 2.24) is 5.32 Å². The van der Waals surface area contributed by atoms with Crippen LogP contribution < -0.4 is 5.32 Å². The molecular formula is C13H18ClNO2. The van der Waals surface area contributed by atoms with Crippen LogP contribution in [0.4, 0.5) is 0 Å². The largest absolute Gasteiger partial charge is 0.480 e. The highest BCUT2D eigenvalue weighted by molar-refractivity contribution is 5.85. The molecule has 1 aromatic rings. The van der Waals surface area contributed by atoms with Crippen LogP contribution in [0.1, 0.15) is 17.5 Å². The Kier molecular flexibility index (Phi) is 4.97. The molecule has 1 aliphatic rings. The third kappa shape index (κ3) is 3.72. The number of hydrogen-bond donors (Lipinski definition) is 2. The summed E-state index contributed by atoms with van der Waals surface area (Å²) in [5, 5.41) is 11.9. The van der Waals surface area contributed by atoms with Crippen LogP contribution in [-0.2, 0) is 11.2 Å². The molecule has 0 saturated carbocycles. The molecule has 94 valence electrons. The van der Waals surface area contributed by atoms with E-state index >= 15 is 0 Å². The van der Waals surface area contributed by atoms with Crippen molar-refractivity contribution < 1.29 is 9.90 Å². The van der Waals surface area contributed by atoms with E-state index in [0.29, 0.717) is 5.92 Å². The fourth-order valence-electron chi connectivity index (χ4n) is 2.21. The molecule has 1 fully saturated rings. The summed E-state index contributed by atoms with van der Waals surface area (Å²) in [6.07, 6.45) is 1.71. The first kappa shape index (κ1) is 14.0. The Morgan fingerprint density at radius 3 is 2.59 bits per heavy atom. The maximum Gasteiger partial charge on any atom is 0.320 e. The molecule has 0 bridgehead atoms. The molecule has 4 heteroatoms. The van der Waals surface area contributed by atoms with Gasteiger partial charge in [-0.05, 0) is 37.8 Å². The molecule has 2 unspecified atom stereocenters. The van der Waals surface area contributed by atoms with Crippen LogP contribution in [0.3, 0.4) is 0 Å². The van der Waals surface area contributed by atoms with Crippen molar-refractivity contribution in [2.45, 2.75) is 25.8 Å². The molecule has 1 aliphatic heterocycles. The summed E-state index contributed by atoms with van der Waals surface area (Å²) in [4.78, 5) is 10.8. The number of carbonyl (C=O) groups is 1. The van der Waals surface area contributed by atoms with Gasteiger partial charge < -0.3 is 10.4 Å². The third-order valence-electron chi connectivity index (χ3n) is 3.17. The smallest absolute Gasteiger partial charge is 0.320 e. The minimum Gasteiger partial charge on any atom is -0.480 e. The predicted octanol–water partition coefficient (Wildman–Crippen LogP) is 2.02. The molecule has 2 N–H and O–H groups in total. The third-order valence-corrected chi connectivity index (χ3v) is 3.17. The second-order valence-corrected chi connectivity index (χ2v) is 4.59. The monoisotopic (exact) mass is 255 g/mol. The van der Waals surface area contributed by atoms with Gasteiger partial charge in [-0.2, -0.15) is 0 Å². The van der Waals surface area contributed by atoms with E-state index in [1.54, 1.807) is 0 Å². The van der Waals surface area contributed by atoms with Crippen molar-refractivity contribution in [3.63, 3.8) is 0 Å². The highest BCUT2D eigenvalue weighted by Crippen LogP contribution is 2.19. The second kappa shape index (κ2) is 6.03. The van der Waals surface area contributed by atoms with E-state index in [1.807, 2.05) is 0 Å². The lowest BCUT2D eigenvalue weighted by Crippen LogP contribution is -2.29. The number of rotatable bonds is 3. The molecule has 0 aromatic heterocycles. The summed E-state index contributed by atoms with van der Waals surface area (Å²) in [5.74, 6) is -0.282. The zero-order valence-corrected chi connectivity index (χ0v) is 10.7. The van der Waals surface area contributed by atoms with Gasteiger partial charge in [0.05, 0.1) is 0 Å². The summed E-state index contributed by atoms with van der Waals surface area (Å²) in [6.45, 7) is 2.88. The van der Waals surface area contributed by atoms with Gasteiger partial charge in [-0.1, -0.05) is 29.8 Å². The number of benzene rings is 1. The van der Waals surface area contributed by atoms with E-state index in [4.69, 9.17) is 5.11 Å². The van der Waals surface area contributed by atoms with Crippen LogP contribution in [0, 0.1) is 12.8 Å². The second-order valence-electron chi connectivity index (χ2n) is 4.59. The fraction of sp³-hybridized carbons (Fsp3) is 0.462. The van der Waals surface area contributed by atoms with Gasteiger partial charge >= 0.3 is 5.97 Å². The zero-order chi connectivity index (χ0) is 11.5. The number of hydrogen-bond acceptors (Lipinski definition) is 2. The van der Waals surface area contributed by atoms with Crippen LogP contribution in [0.15, 0.2) is 24.3 Å². The minimum absolute atomic E-state index is 0. The number of aryl methyl sites for hydroxylation is 1. The summed E-state index contributed by atoms with van der Waals surface area (Å²) in [6, 6.07) is 8.11. The Hall–Kier alpha value is -1.06. The van der Waals surface area contributed by atoms with E-state index in [2.05, 4.69) is 36.5 Å². The van der Waals surface area contributed by atoms with Crippen molar-refractivity contribution in [3.8, 4) is 0 Å². The summed E-state index contributed by atoms with van der Waals surface area (Å²) in [7, 11) is 0. The summed E-state index contributed by atoms with van der Waals surface area (Å²) < 4.78 is 0. The molecule has 0 amide bonds. The Labute approximate surface area is 108 Å². The lowest BCUT2D eigenvalue weighted by atomic mass is 9.96. The van der Waals surface area contributed by atoms with Gasteiger partial charge in [0.15, 0.2) is 0 Å². The van der Waals surface area contributed by atoms with Gasteiger partial charge in [0.1, 0.15) is 6.04 Å². The molecule has 2 atom stereocenters. The molecule has 17 heavy (non-hydrogen) atoms. The van der Waals surface area contributed by atoms with E-state index in [-0.39, 0.29) is 18.4 Å². The first-order chi connectivity index (χ1) is 7.65. The molecule has 1 aromatic carbocycles. The Balaban J connectivity index is 0.00000144. The highest BCUT2D eigenvalue weighted by atomic mass is 35.5. The fourth-order valence-corrected chi connectivity index (χ4v) is 2.21. The molecule has 0 spiro atoms. The van der Waals surface area contributed by atoms with Crippen LogP contribution in [0.5, 0.6) is 0 Å². The lowest BCUT2D eigenvalue weighted by Gasteiger charge is -2.08. The standard InChI is InChI=1S/C13H17NO2.ClH/c1-9-2-4-10(5-3-9)6-11-7-12(13(15)16)14-8-11;/h2-5,11-12,14H,6-8H2,1H3,(H,15,16);1H. The molecule has 0 aliphatic carbocycles. The van der Waals surface area contributed by atoms with Gasteiger partial charge in [-0.25, -0.2) is 0 Å². The van der Waals surface area contributed by atoms with Gasteiger partial charge in [0.2, 0.25) is 0 Å². The van der Waals surface area contributed by atoms with Crippen LogP contribution in [0.25, 0.3) is 0 Å². The van der Waals surface area contributed by atoms with Crippen molar-refractivity contribution in [1.29, 1.82) is 0 Å². The normalized spacial score (nSPS) is 23.1. The highest BCUT2D eigenvalue weighted by Gasteiger charge is 2.28. The van der Waals surface area contributed by atoms with Crippen LogP contribution >= 0.6 is 12.4 Å². The molecular weight excluding hydrogens is 238 g/mol. The Morgan fingerprint density at radius 2 is 2.06 bits per heavy atom.